The fourth-order valence-electron chi connectivity index (χ4n) is 1.67. The topological polar surface area (TPSA) is 75.3 Å². The van der Waals surface area contributed by atoms with Crippen molar-refractivity contribution in [2.45, 2.75) is 32.3 Å². The Morgan fingerprint density at radius 1 is 1.56 bits per heavy atom. The van der Waals surface area contributed by atoms with Crippen LogP contribution in [-0.2, 0) is 0 Å². The minimum absolute atomic E-state index is 0.210. The van der Waals surface area contributed by atoms with E-state index in [0.29, 0.717) is 22.7 Å². The van der Waals surface area contributed by atoms with Gasteiger partial charge in [0.25, 0.3) is 5.91 Å². The molecular formula is C13H19ClN2O2. The van der Waals surface area contributed by atoms with Gasteiger partial charge in [-0.3, -0.25) is 4.79 Å². The van der Waals surface area contributed by atoms with Crippen molar-refractivity contribution in [1.82, 2.24) is 5.32 Å². The smallest absolute Gasteiger partial charge is 0.251 e. The molecule has 0 saturated carbocycles. The maximum atomic E-state index is 11.8. The number of aliphatic hydroxyl groups is 1. The van der Waals surface area contributed by atoms with Gasteiger partial charge >= 0.3 is 0 Å². The van der Waals surface area contributed by atoms with Crippen LogP contribution in [0.2, 0.25) is 5.02 Å². The van der Waals surface area contributed by atoms with Crippen molar-refractivity contribution >= 4 is 23.2 Å². The third-order valence-electron chi connectivity index (χ3n) is 2.68. The summed E-state index contributed by atoms with van der Waals surface area (Å²) < 4.78 is 0. The number of amides is 1. The predicted molar refractivity (Wildman–Crippen MR) is 73.7 cm³/mol. The molecule has 1 unspecified atom stereocenters. The fourth-order valence-corrected chi connectivity index (χ4v) is 1.85. The highest BCUT2D eigenvalue weighted by molar-refractivity contribution is 6.33. The normalized spacial score (nSPS) is 14.0. The number of nitrogens with two attached hydrogens (primary N) is 1. The van der Waals surface area contributed by atoms with Gasteiger partial charge in [0.2, 0.25) is 0 Å². The third-order valence-corrected chi connectivity index (χ3v) is 3.01. The molecule has 0 fully saturated rings. The summed E-state index contributed by atoms with van der Waals surface area (Å²) in [6.07, 6.45) is 1.49. The first kappa shape index (κ1) is 14.8. The second-order valence-electron chi connectivity index (χ2n) is 4.67. The molecule has 0 radical (unpaired) electrons. The minimum atomic E-state index is -0.887. The van der Waals surface area contributed by atoms with Gasteiger partial charge in [-0.1, -0.05) is 24.9 Å². The number of carbonyl (C=O) groups excluding carboxylic acids is 1. The standard InChI is InChI=1S/C13H19ClN2O2/c1-3-6-13(2,18)8-16-12(17)9-4-5-11(15)10(14)7-9/h4-5,7,18H,3,6,8,15H2,1-2H3,(H,16,17). The summed E-state index contributed by atoms with van der Waals surface area (Å²) in [5.74, 6) is -0.270. The van der Waals surface area contributed by atoms with Gasteiger partial charge in [0.1, 0.15) is 0 Å². The molecule has 0 bridgehead atoms. The molecule has 1 aromatic carbocycles. The first-order valence-corrected chi connectivity index (χ1v) is 6.29. The van der Waals surface area contributed by atoms with Gasteiger partial charge in [0.05, 0.1) is 16.3 Å². The Morgan fingerprint density at radius 2 is 2.22 bits per heavy atom. The number of hydrogen-bond acceptors (Lipinski definition) is 3. The maximum absolute atomic E-state index is 11.8. The van der Waals surface area contributed by atoms with Crippen molar-refractivity contribution in [3.05, 3.63) is 28.8 Å². The Kier molecular flexibility index (Phi) is 4.99. The van der Waals surface area contributed by atoms with Gasteiger partial charge in [0, 0.05) is 12.1 Å². The van der Waals surface area contributed by atoms with E-state index < -0.39 is 5.60 Å². The van der Waals surface area contributed by atoms with Gasteiger partial charge in [-0.15, -0.1) is 0 Å². The molecule has 100 valence electrons. The molecule has 4 N–H and O–H groups in total. The molecule has 0 saturated heterocycles. The molecule has 0 spiro atoms. The Bertz CT molecular complexity index is 433. The number of nitrogen functional groups attached to an aromatic ring is 1. The lowest BCUT2D eigenvalue weighted by Crippen LogP contribution is -2.40. The van der Waals surface area contributed by atoms with Crippen LogP contribution in [0.15, 0.2) is 18.2 Å². The number of carbonyl (C=O) groups is 1. The zero-order valence-corrected chi connectivity index (χ0v) is 11.4. The average molecular weight is 271 g/mol. The summed E-state index contributed by atoms with van der Waals surface area (Å²) in [7, 11) is 0. The highest BCUT2D eigenvalue weighted by Gasteiger charge is 2.20. The predicted octanol–water partition coefficient (Wildman–Crippen LogP) is 2.20. The lowest BCUT2D eigenvalue weighted by molar-refractivity contribution is 0.0469. The summed E-state index contributed by atoms with van der Waals surface area (Å²) in [6.45, 7) is 3.89. The monoisotopic (exact) mass is 270 g/mol. The molecule has 1 amide bonds. The third kappa shape index (κ3) is 4.20. The van der Waals surface area contributed by atoms with Crippen molar-refractivity contribution in [2.75, 3.05) is 12.3 Å². The van der Waals surface area contributed by atoms with Gasteiger partial charge < -0.3 is 16.2 Å². The second-order valence-corrected chi connectivity index (χ2v) is 5.07. The van der Waals surface area contributed by atoms with Crippen molar-refractivity contribution in [1.29, 1.82) is 0 Å². The number of benzene rings is 1. The number of rotatable bonds is 5. The summed E-state index contributed by atoms with van der Waals surface area (Å²) >= 11 is 5.84. The molecule has 0 heterocycles. The number of nitrogens with one attached hydrogen (secondary N) is 1. The summed E-state index contributed by atoms with van der Waals surface area (Å²) in [5, 5.41) is 13.0. The molecule has 4 nitrogen and oxygen atoms in total. The van der Waals surface area contributed by atoms with Gasteiger partial charge in [-0.2, -0.15) is 0 Å². The largest absolute Gasteiger partial charge is 0.398 e. The van der Waals surface area contributed by atoms with E-state index in [0.717, 1.165) is 6.42 Å². The van der Waals surface area contributed by atoms with E-state index in [-0.39, 0.29) is 12.5 Å². The van der Waals surface area contributed by atoms with Crippen LogP contribution < -0.4 is 11.1 Å². The van der Waals surface area contributed by atoms with Crippen LogP contribution in [0.4, 0.5) is 5.69 Å². The number of anilines is 1. The van der Waals surface area contributed by atoms with Crippen LogP contribution in [0.1, 0.15) is 37.0 Å². The molecule has 0 aliphatic carbocycles. The number of hydrogen-bond donors (Lipinski definition) is 3. The molecule has 5 heteroatoms. The molecule has 18 heavy (non-hydrogen) atoms. The molecule has 0 aliphatic heterocycles. The van der Waals surface area contributed by atoms with Gasteiger partial charge in [-0.05, 0) is 31.5 Å². The van der Waals surface area contributed by atoms with Crippen LogP contribution >= 0.6 is 11.6 Å². The Hall–Kier alpha value is -1.26. The maximum Gasteiger partial charge on any atom is 0.251 e. The molecule has 1 atom stereocenters. The van der Waals surface area contributed by atoms with Crippen molar-refractivity contribution < 1.29 is 9.90 Å². The van der Waals surface area contributed by atoms with Crippen molar-refractivity contribution in [3.8, 4) is 0 Å². The highest BCUT2D eigenvalue weighted by Crippen LogP contribution is 2.19. The van der Waals surface area contributed by atoms with E-state index >= 15 is 0 Å². The Balaban J connectivity index is 2.63. The summed E-state index contributed by atoms with van der Waals surface area (Å²) in [5.41, 5.74) is 5.55. The average Bonchev–Trinajstić information content (AvgIpc) is 2.30. The van der Waals surface area contributed by atoms with E-state index in [1.54, 1.807) is 19.1 Å². The fraction of sp³-hybridized carbons (Fsp3) is 0.462. The summed E-state index contributed by atoms with van der Waals surface area (Å²) in [4.78, 5) is 11.8. The highest BCUT2D eigenvalue weighted by atomic mass is 35.5. The number of halogens is 1. The lowest BCUT2D eigenvalue weighted by atomic mass is 10.0. The van der Waals surface area contributed by atoms with Gasteiger partial charge in [0.15, 0.2) is 0 Å². The molecule has 0 aliphatic rings. The first-order valence-electron chi connectivity index (χ1n) is 5.91. The minimum Gasteiger partial charge on any atom is -0.398 e. The molecule has 1 rings (SSSR count). The second kappa shape index (κ2) is 6.07. The Morgan fingerprint density at radius 3 is 2.78 bits per heavy atom. The molecule has 1 aromatic rings. The first-order chi connectivity index (χ1) is 8.35. The zero-order valence-electron chi connectivity index (χ0n) is 10.7. The van der Waals surface area contributed by atoms with Crippen LogP contribution in [0.25, 0.3) is 0 Å². The van der Waals surface area contributed by atoms with E-state index in [4.69, 9.17) is 17.3 Å². The van der Waals surface area contributed by atoms with Crippen LogP contribution in [0.3, 0.4) is 0 Å². The SMILES string of the molecule is CCCC(C)(O)CNC(=O)c1ccc(N)c(Cl)c1. The van der Waals surface area contributed by atoms with E-state index in [9.17, 15) is 9.90 Å². The van der Waals surface area contributed by atoms with Crippen LogP contribution in [0, 0.1) is 0 Å². The van der Waals surface area contributed by atoms with E-state index in [1.807, 2.05) is 6.92 Å². The van der Waals surface area contributed by atoms with E-state index in [1.165, 1.54) is 6.07 Å². The Labute approximate surface area is 112 Å². The molecular weight excluding hydrogens is 252 g/mol. The van der Waals surface area contributed by atoms with Crippen molar-refractivity contribution in [3.63, 3.8) is 0 Å². The molecule has 0 aromatic heterocycles. The van der Waals surface area contributed by atoms with Crippen LogP contribution in [0.5, 0.6) is 0 Å². The lowest BCUT2D eigenvalue weighted by Gasteiger charge is -2.22. The van der Waals surface area contributed by atoms with E-state index in [2.05, 4.69) is 5.32 Å². The summed E-state index contributed by atoms with van der Waals surface area (Å²) in [6, 6.07) is 4.70. The van der Waals surface area contributed by atoms with Gasteiger partial charge in [-0.25, -0.2) is 0 Å². The van der Waals surface area contributed by atoms with Crippen molar-refractivity contribution in [2.24, 2.45) is 0 Å². The van der Waals surface area contributed by atoms with Crippen LogP contribution in [-0.4, -0.2) is 23.2 Å². The zero-order chi connectivity index (χ0) is 13.8. The quantitative estimate of drug-likeness (QED) is 0.718.